The molecule has 2 heterocycles. The lowest BCUT2D eigenvalue weighted by atomic mass is 10.2. The first kappa shape index (κ1) is 13.7. The van der Waals surface area contributed by atoms with E-state index in [1.54, 1.807) is 12.3 Å². The Morgan fingerprint density at radius 2 is 2.26 bits per heavy atom. The second kappa shape index (κ2) is 5.97. The van der Waals surface area contributed by atoms with E-state index in [1.807, 2.05) is 0 Å². The molecule has 0 fully saturated rings. The van der Waals surface area contributed by atoms with Gasteiger partial charge in [0.05, 0.1) is 17.6 Å². The first-order valence-corrected chi connectivity index (χ1v) is 7.14. The Morgan fingerprint density at radius 1 is 1.47 bits per heavy atom. The van der Waals surface area contributed by atoms with Crippen molar-refractivity contribution in [2.75, 3.05) is 18.5 Å². The third kappa shape index (κ3) is 3.01. The Hall–Kier alpha value is -1.69. The number of fused-ring (bicyclic) bond motifs is 1. The van der Waals surface area contributed by atoms with E-state index in [0.29, 0.717) is 23.9 Å². The molecule has 2 aromatic heterocycles. The van der Waals surface area contributed by atoms with Gasteiger partial charge >= 0.3 is 5.97 Å². The number of rotatable bonds is 5. The maximum Gasteiger partial charge on any atom is 0.339 e. The van der Waals surface area contributed by atoms with E-state index in [9.17, 15) is 4.79 Å². The highest BCUT2D eigenvalue weighted by Crippen LogP contribution is 2.29. The van der Waals surface area contributed by atoms with E-state index >= 15 is 0 Å². The minimum Gasteiger partial charge on any atom is -0.462 e. The van der Waals surface area contributed by atoms with E-state index in [1.165, 1.54) is 17.7 Å². The maximum atomic E-state index is 11.9. The van der Waals surface area contributed by atoms with Crippen LogP contribution in [0.2, 0.25) is 0 Å². The van der Waals surface area contributed by atoms with Gasteiger partial charge in [0.15, 0.2) is 0 Å². The number of esters is 1. The van der Waals surface area contributed by atoms with Crippen LogP contribution in [0.25, 0.3) is 10.2 Å². The Labute approximate surface area is 116 Å². The summed E-state index contributed by atoms with van der Waals surface area (Å²) < 4.78 is 5.06. The van der Waals surface area contributed by atoms with Gasteiger partial charge < -0.3 is 10.1 Å². The summed E-state index contributed by atoms with van der Waals surface area (Å²) in [6, 6.07) is 0. The van der Waals surface area contributed by atoms with Crippen LogP contribution in [-0.2, 0) is 4.74 Å². The van der Waals surface area contributed by atoms with Gasteiger partial charge in [-0.3, -0.25) is 0 Å². The Bertz CT molecular complexity index is 580. The molecule has 1 N–H and O–H groups in total. The fraction of sp³-hybridized carbons (Fsp3) is 0.462. The van der Waals surface area contributed by atoms with Crippen LogP contribution >= 0.6 is 11.3 Å². The third-order valence-corrected chi connectivity index (χ3v) is 3.43. The van der Waals surface area contributed by atoms with Gasteiger partial charge in [0.2, 0.25) is 0 Å². The quantitative estimate of drug-likeness (QED) is 0.852. The Kier molecular flexibility index (Phi) is 4.31. The first-order valence-electron chi connectivity index (χ1n) is 6.26. The zero-order valence-electron chi connectivity index (χ0n) is 11.3. The van der Waals surface area contributed by atoms with E-state index in [0.717, 1.165) is 16.8 Å². The van der Waals surface area contributed by atoms with Crippen molar-refractivity contribution >= 4 is 33.3 Å². The summed E-state index contributed by atoms with van der Waals surface area (Å²) in [5.74, 6) is 0.869. The van der Waals surface area contributed by atoms with Crippen molar-refractivity contribution in [1.82, 2.24) is 9.97 Å². The number of thiophene rings is 1. The third-order valence-electron chi connectivity index (χ3n) is 2.54. The highest BCUT2D eigenvalue weighted by Gasteiger charge is 2.18. The molecule has 102 valence electrons. The van der Waals surface area contributed by atoms with Crippen LogP contribution in [0, 0.1) is 5.92 Å². The van der Waals surface area contributed by atoms with Gasteiger partial charge in [0.25, 0.3) is 0 Å². The number of ether oxygens (including phenoxy) is 1. The molecular weight excluding hydrogens is 262 g/mol. The second-order valence-corrected chi connectivity index (χ2v) is 5.41. The normalized spacial score (nSPS) is 10.9. The zero-order chi connectivity index (χ0) is 13.8. The summed E-state index contributed by atoms with van der Waals surface area (Å²) in [7, 11) is 0. The number of carbonyl (C=O) groups excluding carboxylic acids is 1. The summed E-state index contributed by atoms with van der Waals surface area (Å²) >= 11 is 1.42. The number of hydrogen-bond donors (Lipinski definition) is 1. The second-order valence-electron chi connectivity index (χ2n) is 4.55. The molecule has 19 heavy (non-hydrogen) atoms. The summed E-state index contributed by atoms with van der Waals surface area (Å²) in [6.45, 7) is 7.18. The molecule has 0 radical (unpaired) electrons. The lowest BCUT2D eigenvalue weighted by Crippen LogP contribution is -2.11. The molecule has 0 saturated carbocycles. The van der Waals surface area contributed by atoms with Gasteiger partial charge in [-0.1, -0.05) is 13.8 Å². The van der Waals surface area contributed by atoms with Crippen LogP contribution in [0.5, 0.6) is 0 Å². The molecule has 0 aliphatic heterocycles. The fourth-order valence-electron chi connectivity index (χ4n) is 1.67. The van der Waals surface area contributed by atoms with Gasteiger partial charge in [-0.25, -0.2) is 14.8 Å². The number of carbonyl (C=O) groups is 1. The van der Waals surface area contributed by atoms with Crippen molar-refractivity contribution in [3.8, 4) is 0 Å². The van der Waals surface area contributed by atoms with Crippen molar-refractivity contribution in [1.29, 1.82) is 0 Å². The molecule has 0 aliphatic carbocycles. The standard InChI is InChI=1S/C13H17N3O2S/c1-4-18-13(17)9-6-19-12-10(9)11(15-7-16-12)14-5-8(2)3/h6-8H,4-5H2,1-3H3,(H,14,15,16). The van der Waals surface area contributed by atoms with E-state index < -0.39 is 0 Å². The largest absolute Gasteiger partial charge is 0.462 e. The molecule has 5 nitrogen and oxygen atoms in total. The van der Waals surface area contributed by atoms with Crippen molar-refractivity contribution < 1.29 is 9.53 Å². The van der Waals surface area contributed by atoms with Crippen molar-refractivity contribution in [3.63, 3.8) is 0 Å². The number of nitrogens with one attached hydrogen (secondary N) is 1. The summed E-state index contributed by atoms with van der Waals surface area (Å²) in [4.78, 5) is 21.1. The minimum absolute atomic E-state index is 0.323. The first-order chi connectivity index (χ1) is 9.13. The van der Waals surface area contributed by atoms with Crippen molar-refractivity contribution in [3.05, 3.63) is 17.3 Å². The predicted octanol–water partition coefficient (Wildman–Crippen LogP) is 2.94. The molecule has 0 aromatic carbocycles. The lowest BCUT2D eigenvalue weighted by Gasteiger charge is -2.09. The summed E-state index contributed by atoms with van der Waals surface area (Å²) in [5.41, 5.74) is 0.536. The molecule has 0 amide bonds. The van der Waals surface area contributed by atoms with Gasteiger partial charge in [-0.15, -0.1) is 11.3 Å². The molecule has 0 unspecified atom stereocenters. The molecule has 0 spiro atoms. The molecule has 6 heteroatoms. The van der Waals surface area contributed by atoms with Gasteiger partial charge in [-0.05, 0) is 12.8 Å². The number of aromatic nitrogens is 2. The van der Waals surface area contributed by atoms with Crippen LogP contribution in [0.4, 0.5) is 5.82 Å². The summed E-state index contributed by atoms with van der Waals surface area (Å²) in [6.07, 6.45) is 1.51. The monoisotopic (exact) mass is 279 g/mol. The molecular formula is C13H17N3O2S. The van der Waals surface area contributed by atoms with Crippen LogP contribution in [-0.4, -0.2) is 29.1 Å². The van der Waals surface area contributed by atoms with E-state index in [4.69, 9.17) is 4.74 Å². The van der Waals surface area contributed by atoms with Crippen LogP contribution in [0.15, 0.2) is 11.7 Å². The molecule has 0 bridgehead atoms. The molecule has 0 atom stereocenters. The number of hydrogen-bond acceptors (Lipinski definition) is 6. The van der Waals surface area contributed by atoms with Crippen LogP contribution in [0.3, 0.4) is 0 Å². The smallest absolute Gasteiger partial charge is 0.339 e. The highest BCUT2D eigenvalue weighted by molar-refractivity contribution is 7.17. The molecule has 2 aromatic rings. The van der Waals surface area contributed by atoms with Crippen molar-refractivity contribution in [2.24, 2.45) is 5.92 Å². The van der Waals surface area contributed by atoms with Gasteiger partial charge in [-0.2, -0.15) is 0 Å². The van der Waals surface area contributed by atoms with E-state index in [2.05, 4.69) is 29.1 Å². The molecule has 2 rings (SSSR count). The minimum atomic E-state index is -0.323. The summed E-state index contributed by atoms with van der Waals surface area (Å²) in [5, 5.41) is 5.79. The SMILES string of the molecule is CCOC(=O)c1csc2ncnc(NCC(C)C)c12. The van der Waals surface area contributed by atoms with Gasteiger partial charge in [0.1, 0.15) is 17.0 Å². The van der Waals surface area contributed by atoms with E-state index in [-0.39, 0.29) is 5.97 Å². The Balaban J connectivity index is 2.40. The maximum absolute atomic E-state index is 11.9. The van der Waals surface area contributed by atoms with Crippen molar-refractivity contribution in [2.45, 2.75) is 20.8 Å². The fourth-order valence-corrected chi connectivity index (χ4v) is 2.55. The van der Waals surface area contributed by atoms with Crippen LogP contribution in [0.1, 0.15) is 31.1 Å². The number of anilines is 1. The molecule has 0 aliphatic rings. The highest BCUT2D eigenvalue weighted by atomic mass is 32.1. The van der Waals surface area contributed by atoms with Gasteiger partial charge in [0, 0.05) is 11.9 Å². The lowest BCUT2D eigenvalue weighted by molar-refractivity contribution is 0.0529. The van der Waals surface area contributed by atoms with Crippen LogP contribution < -0.4 is 5.32 Å². The Morgan fingerprint density at radius 3 is 2.95 bits per heavy atom. The average Bonchev–Trinajstić information content (AvgIpc) is 2.81. The average molecular weight is 279 g/mol. The number of nitrogens with zero attached hydrogens (tertiary/aromatic N) is 2. The molecule has 0 saturated heterocycles. The predicted molar refractivity (Wildman–Crippen MR) is 76.7 cm³/mol. The zero-order valence-corrected chi connectivity index (χ0v) is 12.1. The topological polar surface area (TPSA) is 64.1 Å².